The van der Waals surface area contributed by atoms with Crippen LogP contribution in [0.1, 0.15) is 54.7 Å². The standard InChI is InChI=1S/C32H34N2O7/c1-34(2)26-21-14-18-13-20-19(17-9-7-16(8-10-17)15-5-3-4-6-15)11-12-22(35)24(20)27(36)23(18)29(38)32(21,41)30(39)25(28(26)37)31(33)40/h7-12,15,18,21,26,35-36,39,41H,3-6,13-14H2,1-2H3,(H2,33,40)/t18-,21+,26+,32+/m1/s1. The quantitative estimate of drug-likeness (QED) is 0.357. The number of aliphatic hydroxyl groups is 3. The van der Waals surface area contributed by atoms with Crippen molar-refractivity contribution in [3.05, 3.63) is 70.0 Å². The molecule has 2 aromatic rings. The monoisotopic (exact) mass is 558 g/mol. The van der Waals surface area contributed by atoms with Crippen LogP contribution in [0.15, 0.2) is 53.3 Å². The predicted octanol–water partition coefficient (Wildman–Crippen LogP) is 3.29. The van der Waals surface area contributed by atoms with Gasteiger partial charge in [0.05, 0.1) is 11.6 Å². The van der Waals surface area contributed by atoms with Gasteiger partial charge in [0.1, 0.15) is 22.8 Å². The van der Waals surface area contributed by atoms with Gasteiger partial charge in [0.25, 0.3) is 5.91 Å². The van der Waals surface area contributed by atoms with Crippen molar-refractivity contribution >= 4 is 23.2 Å². The van der Waals surface area contributed by atoms with Gasteiger partial charge in [0, 0.05) is 11.5 Å². The Bertz CT molecular complexity index is 1550. The fourth-order valence-electron chi connectivity index (χ4n) is 7.71. The Kier molecular flexibility index (Phi) is 6.35. The van der Waals surface area contributed by atoms with E-state index in [1.807, 2.05) is 12.1 Å². The summed E-state index contributed by atoms with van der Waals surface area (Å²) in [5, 5.41) is 45.0. The van der Waals surface area contributed by atoms with E-state index in [4.69, 9.17) is 5.73 Å². The van der Waals surface area contributed by atoms with E-state index >= 15 is 0 Å². The number of carbonyl (C=O) groups excluding carboxylic acids is 3. The molecule has 214 valence electrons. The average molecular weight is 559 g/mol. The highest BCUT2D eigenvalue weighted by molar-refractivity contribution is 6.24. The first-order chi connectivity index (χ1) is 19.5. The maximum atomic E-state index is 14.0. The predicted molar refractivity (Wildman–Crippen MR) is 151 cm³/mol. The Balaban J connectivity index is 1.48. The van der Waals surface area contributed by atoms with Crippen molar-refractivity contribution in [2.24, 2.45) is 17.6 Å². The zero-order chi connectivity index (χ0) is 29.4. The van der Waals surface area contributed by atoms with E-state index in [9.17, 15) is 34.8 Å². The topological polar surface area (TPSA) is 161 Å². The van der Waals surface area contributed by atoms with E-state index in [0.717, 1.165) is 11.1 Å². The normalized spacial score (nSPS) is 28.1. The Morgan fingerprint density at radius 1 is 0.976 bits per heavy atom. The number of likely N-dealkylation sites (N-methyl/N-ethyl adjacent to an activating group) is 1. The third-order valence-electron chi connectivity index (χ3n) is 9.65. The van der Waals surface area contributed by atoms with Gasteiger partial charge in [-0.05, 0) is 79.9 Å². The Morgan fingerprint density at radius 3 is 2.24 bits per heavy atom. The van der Waals surface area contributed by atoms with Gasteiger partial charge in [-0.15, -0.1) is 0 Å². The third kappa shape index (κ3) is 3.86. The lowest BCUT2D eigenvalue weighted by molar-refractivity contribution is -0.153. The fraction of sp³-hybridized carbons (Fsp3) is 0.406. The Morgan fingerprint density at radius 2 is 1.63 bits per heavy atom. The second kappa shape index (κ2) is 9.56. The number of fused-ring (bicyclic) bond motifs is 3. The molecule has 0 spiro atoms. The van der Waals surface area contributed by atoms with Crippen molar-refractivity contribution in [3.63, 3.8) is 0 Å². The van der Waals surface area contributed by atoms with E-state index in [0.29, 0.717) is 11.5 Å². The largest absolute Gasteiger partial charge is 0.508 e. The number of nitrogens with two attached hydrogens (primary N) is 1. The van der Waals surface area contributed by atoms with Gasteiger partial charge >= 0.3 is 0 Å². The second-order valence-electron chi connectivity index (χ2n) is 12.1. The van der Waals surface area contributed by atoms with Crippen molar-refractivity contribution < 1.29 is 34.8 Å². The first-order valence-electron chi connectivity index (χ1n) is 14.1. The van der Waals surface area contributed by atoms with E-state index in [2.05, 4.69) is 12.1 Å². The minimum atomic E-state index is -2.65. The molecule has 6 rings (SSSR count). The average Bonchev–Trinajstić information content (AvgIpc) is 3.46. The van der Waals surface area contributed by atoms with Crippen LogP contribution in [0.2, 0.25) is 0 Å². The van der Waals surface area contributed by atoms with E-state index < -0.39 is 58.0 Å². The highest BCUT2D eigenvalue weighted by Crippen LogP contribution is 2.53. The summed E-state index contributed by atoms with van der Waals surface area (Å²) in [6.07, 6.45) is 5.14. The second-order valence-corrected chi connectivity index (χ2v) is 12.1. The molecule has 2 fully saturated rings. The van der Waals surface area contributed by atoms with Crippen LogP contribution in [0.25, 0.3) is 16.9 Å². The molecular weight excluding hydrogens is 524 g/mol. The van der Waals surface area contributed by atoms with Gasteiger partial charge < -0.3 is 26.2 Å². The zero-order valence-corrected chi connectivity index (χ0v) is 23.1. The summed E-state index contributed by atoms with van der Waals surface area (Å²) in [4.78, 5) is 40.9. The van der Waals surface area contributed by atoms with Crippen LogP contribution >= 0.6 is 0 Å². The number of amides is 1. The lowest BCUT2D eigenvalue weighted by Crippen LogP contribution is -2.65. The number of nitrogens with zero attached hydrogens (tertiary/aromatic N) is 1. The lowest BCUT2D eigenvalue weighted by atomic mass is 9.57. The molecule has 0 saturated heterocycles. The van der Waals surface area contributed by atoms with Gasteiger partial charge in [-0.3, -0.25) is 19.3 Å². The molecule has 4 aliphatic rings. The van der Waals surface area contributed by atoms with Crippen molar-refractivity contribution in [1.82, 2.24) is 4.90 Å². The molecule has 1 amide bonds. The molecule has 4 atom stereocenters. The van der Waals surface area contributed by atoms with Crippen LogP contribution < -0.4 is 5.73 Å². The molecule has 0 aliphatic heterocycles. The van der Waals surface area contributed by atoms with E-state index in [-0.39, 0.29) is 29.7 Å². The number of carbonyl (C=O) groups is 3. The first-order valence-corrected chi connectivity index (χ1v) is 14.1. The van der Waals surface area contributed by atoms with Gasteiger partial charge in [-0.25, -0.2) is 0 Å². The number of phenolic OH excluding ortho intramolecular Hbond substituents is 1. The molecule has 9 nitrogen and oxygen atoms in total. The van der Waals surface area contributed by atoms with Crippen molar-refractivity contribution in [2.45, 2.75) is 56.1 Å². The van der Waals surface area contributed by atoms with Crippen LogP contribution in [0.5, 0.6) is 5.75 Å². The van der Waals surface area contributed by atoms with Crippen molar-refractivity contribution in [3.8, 4) is 16.9 Å². The molecule has 4 aliphatic carbocycles. The lowest BCUT2D eigenvalue weighted by Gasteiger charge is -2.50. The summed E-state index contributed by atoms with van der Waals surface area (Å²) in [5.41, 5.74) is 5.52. The van der Waals surface area contributed by atoms with Gasteiger partial charge in [0.15, 0.2) is 11.4 Å². The minimum absolute atomic E-state index is 0.0570. The zero-order valence-electron chi connectivity index (χ0n) is 23.1. The van der Waals surface area contributed by atoms with Crippen LogP contribution in [0, 0.1) is 11.8 Å². The van der Waals surface area contributed by atoms with Gasteiger partial charge in [-0.2, -0.15) is 0 Å². The summed E-state index contributed by atoms with van der Waals surface area (Å²) in [7, 11) is 3.16. The summed E-state index contributed by atoms with van der Waals surface area (Å²) < 4.78 is 0. The summed E-state index contributed by atoms with van der Waals surface area (Å²) in [5.74, 6) is -5.99. The number of rotatable bonds is 4. The summed E-state index contributed by atoms with van der Waals surface area (Å²) in [6, 6.07) is 10.5. The number of Topliss-reactive ketones (excluding diaryl/α,β-unsaturated/α-hetero) is 2. The van der Waals surface area contributed by atoms with Crippen molar-refractivity contribution in [2.75, 3.05) is 14.1 Å². The van der Waals surface area contributed by atoms with E-state index in [1.165, 1.54) is 42.2 Å². The Labute approximate surface area is 237 Å². The Hall–Kier alpha value is -3.95. The number of primary amides is 1. The van der Waals surface area contributed by atoms with Crippen LogP contribution in [-0.2, 0) is 20.8 Å². The highest BCUT2D eigenvalue weighted by atomic mass is 16.3. The van der Waals surface area contributed by atoms with Crippen LogP contribution in [-0.4, -0.2) is 68.5 Å². The van der Waals surface area contributed by atoms with Crippen LogP contribution in [0.4, 0.5) is 0 Å². The number of aromatic hydroxyl groups is 1. The molecule has 6 N–H and O–H groups in total. The minimum Gasteiger partial charge on any atom is -0.508 e. The number of hydrogen-bond acceptors (Lipinski definition) is 8. The van der Waals surface area contributed by atoms with E-state index in [1.54, 1.807) is 20.2 Å². The highest BCUT2D eigenvalue weighted by Gasteiger charge is 2.64. The SMILES string of the molecule is CN(C)[C@@H]1C(=O)C(C(N)=O)=C(O)[C@@]2(O)C(=O)C3=C(O)c4c(O)ccc(-c5ccc(C6CCCC6)cc5)c4C[C@@H]3C[C@@H]12. The molecule has 2 saturated carbocycles. The van der Waals surface area contributed by atoms with Gasteiger partial charge in [-0.1, -0.05) is 43.2 Å². The van der Waals surface area contributed by atoms with Crippen molar-refractivity contribution in [1.29, 1.82) is 0 Å². The molecule has 0 radical (unpaired) electrons. The molecule has 41 heavy (non-hydrogen) atoms. The maximum absolute atomic E-state index is 14.0. The smallest absolute Gasteiger partial charge is 0.255 e. The molecule has 0 aromatic heterocycles. The third-order valence-corrected chi connectivity index (χ3v) is 9.65. The number of aliphatic hydroxyl groups excluding tert-OH is 2. The molecule has 0 heterocycles. The van der Waals surface area contributed by atoms with Crippen LogP contribution in [0.3, 0.4) is 0 Å². The maximum Gasteiger partial charge on any atom is 0.255 e. The fourth-order valence-corrected chi connectivity index (χ4v) is 7.71. The molecule has 2 aromatic carbocycles. The van der Waals surface area contributed by atoms with Gasteiger partial charge in [0.2, 0.25) is 5.78 Å². The number of phenols is 1. The summed E-state index contributed by atoms with van der Waals surface area (Å²) in [6.45, 7) is 0. The molecular formula is C32H34N2O7. The number of benzene rings is 2. The number of hydrogen-bond donors (Lipinski definition) is 5. The number of ketones is 2. The molecule has 0 unspecified atom stereocenters. The first kappa shape index (κ1) is 27.2. The molecule has 0 bridgehead atoms. The summed E-state index contributed by atoms with van der Waals surface area (Å²) >= 11 is 0. The molecule has 9 heteroatoms.